The van der Waals surface area contributed by atoms with Gasteiger partial charge < -0.3 is 4.98 Å². The van der Waals surface area contributed by atoms with Crippen LogP contribution in [-0.2, 0) is 5.88 Å². The summed E-state index contributed by atoms with van der Waals surface area (Å²) in [6.07, 6.45) is 0. The smallest absolute Gasteiger partial charge is 0.249 e. The van der Waals surface area contributed by atoms with Gasteiger partial charge in [-0.2, -0.15) is 0 Å². The van der Waals surface area contributed by atoms with Gasteiger partial charge in [-0.15, -0.1) is 11.6 Å². The highest BCUT2D eigenvalue weighted by molar-refractivity contribution is 6.31. The summed E-state index contributed by atoms with van der Waals surface area (Å²) in [6, 6.07) is 3.00. The van der Waals surface area contributed by atoms with E-state index in [2.05, 4.69) is 4.98 Å². The van der Waals surface area contributed by atoms with E-state index in [4.69, 9.17) is 23.2 Å². The lowest BCUT2D eigenvalue weighted by Crippen LogP contribution is -2.04. The fourth-order valence-electron chi connectivity index (χ4n) is 0.583. The molecule has 4 heteroatoms. The van der Waals surface area contributed by atoms with Crippen LogP contribution in [0.25, 0.3) is 0 Å². The highest BCUT2D eigenvalue weighted by Crippen LogP contribution is 2.11. The van der Waals surface area contributed by atoms with Gasteiger partial charge in [0.15, 0.2) is 0 Å². The first-order chi connectivity index (χ1) is 4.74. The van der Waals surface area contributed by atoms with Gasteiger partial charge in [-0.3, -0.25) is 4.79 Å². The Labute approximate surface area is 67.8 Å². The molecule has 0 bridgehead atoms. The molecule has 2 nitrogen and oxygen atoms in total. The maximum Gasteiger partial charge on any atom is 0.249 e. The summed E-state index contributed by atoms with van der Waals surface area (Å²) in [5.41, 5.74) is 0.529. The number of pyridine rings is 1. The molecule has 0 aromatic carbocycles. The van der Waals surface area contributed by atoms with Crippen LogP contribution in [0.15, 0.2) is 16.9 Å². The first-order valence-electron chi connectivity index (χ1n) is 2.67. The van der Waals surface area contributed by atoms with Crippen LogP contribution in [0.4, 0.5) is 0 Å². The van der Waals surface area contributed by atoms with Crippen LogP contribution in [0.5, 0.6) is 0 Å². The Morgan fingerprint density at radius 3 is 2.70 bits per heavy atom. The van der Waals surface area contributed by atoms with Crippen molar-refractivity contribution in [1.29, 1.82) is 0 Å². The molecule has 0 unspecified atom stereocenters. The fourth-order valence-corrected chi connectivity index (χ4v) is 1.10. The number of alkyl halides is 1. The summed E-state index contributed by atoms with van der Waals surface area (Å²) in [5.74, 6) is 0.315. The highest BCUT2D eigenvalue weighted by Gasteiger charge is 1.96. The van der Waals surface area contributed by atoms with Crippen molar-refractivity contribution in [2.45, 2.75) is 5.88 Å². The molecular formula is C6H5Cl2NO. The molecule has 0 saturated carbocycles. The Bertz CT molecular complexity index is 281. The van der Waals surface area contributed by atoms with Gasteiger partial charge in [0, 0.05) is 11.6 Å². The molecule has 0 fully saturated rings. The third-order valence-electron chi connectivity index (χ3n) is 1.09. The molecule has 1 rings (SSSR count). The van der Waals surface area contributed by atoms with Crippen LogP contribution in [0.3, 0.4) is 0 Å². The molecule has 0 aliphatic carbocycles. The molecular weight excluding hydrogens is 173 g/mol. The van der Waals surface area contributed by atoms with Gasteiger partial charge in [-0.1, -0.05) is 11.6 Å². The number of aromatic nitrogens is 1. The van der Waals surface area contributed by atoms with Crippen molar-refractivity contribution in [2.24, 2.45) is 0 Å². The van der Waals surface area contributed by atoms with Crippen molar-refractivity contribution in [1.82, 2.24) is 4.98 Å². The molecule has 0 saturated heterocycles. The third-order valence-corrected chi connectivity index (χ3v) is 1.72. The predicted octanol–water partition coefficient (Wildman–Crippen LogP) is 1.77. The van der Waals surface area contributed by atoms with Crippen molar-refractivity contribution in [3.63, 3.8) is 0 Å². The number of rotatable bonds is 1. The number of H-pyrrole nitrogens is 1. The molecule has 0 amide bonds. The Morgan fingerprint density at radius 2 is 2.20 bits per heavy atom. The minimum Gasteiger partial charge on any atom is -0.313 e. The minimum absolute atomic E-state index is 0.209. The summed E-state index contributed by atoms with van der Waals surface area (Å²) in [6.45, 7) is 0. The topological polar surface area (TPSA) is 32.9 Å². The monoisotopic (exact) mass is 177 g/mol. The first kappa shape index (κ1) is 7.63. The van der Waals surface area contributed by atoms with E-state index in [1.54, 1.807) is 6.07 Å². The van der Waals surface area contributed by atoms with Gasteiger partial charge in [0.2, 0.25) is 5.56 Å². The minimum atomic E-state index is -0.209. The molecule has 0 spiro atoms. The number of hydrogen-bond acceptors (Lipinski definition) is 1. The summed E-state index contributed by atoms with van der Waals surface area (Å²) in [4.78, 5) is 13.0. The van der Waals surface area contributed by atoms with Crippen molar-refractivity contribution < 1.29 is 0 Å². The second-order valence-corrected chi connectivity index (χ2v) is 2.44. The lowest BCUT2D eigenvalue weighted by molar-refractivity contribution is 1.19. The van der Waals surface area contributed by atoms with Crippen LogP contribution in [0, 0.1) is 0 Å². The lowest BCUT2D eigenvalue weighted by atomic mass is 10.3. The SMILES string of the molecule is O=c1ccc(CCl)c(Cl)[nH]1. The second kappa shape index (κ2) is 3.08. The molecule has 0 atom stereocenters. The Hall–Kier alpha value is -0.470. The van der Waals surface area contributed by atoms with Crippen molar-refractivity contribution in [3.8, 4) is 0 Å². The van der Waals surface area contributed by atoms with Crippen molar-refractivity contribution in [2.75, 3.05) is 0 Å². The number of hydrogen-bond donors (Lipinski definition) is 1. The van der Waals surface area contributed by atoms with Crippen LogP contribution < -0.4 is 5.56 Å². The van der Waals surface area contributed by atoms with E-state index in [1.165, 1.54) is 6.07 Å². The maximum atomic E-state index is 10.6. The molecule has 0 aliphatic rings. The molecule has 1 heterocycles. The molecule has 0 aliphatic heterocycles. The zero-order valence-corrected chi connectivity index (χ0v) is 6.54. The zero-order valence-electron chi connectivity index (χ0n) is 5.03. The van der Waals surface area contributed by atoms with Crippen molar-refractivity contribution >= 4 is 23.2 Å². The van der Waals surface area contributed by atoms with Gasteiger partial charge in [0.1, 0.15) is 5.15 Å². The largest absolute Gasteiger partial charge is 0.313 e. The maximum absolute atomic E-state index is 10.6. The number of halogens is 2. The zero-order chi connectivity index (χ0) is 7.56. The van der Waals surface area contributed by atoms with Gasteiger partial charge in [0.05, 0.1) is 5.88 Å². The van der Waals surface area contributed by atoms with Crippen molar-refractivity contribution in [3.05, 3.63) is 33.2 Å². The van der Waals surface area contributed by atoms with Gasteiger partial charge in [-0.25, -0.2) is 0 Å². The van der Waals surface area contributed by atoms with E-state index in [9.17, 15) is 4.79 Å². The molecule has 0 radical (unpaired) electrons. The Kier molecular flexibility index (Phi) is 2.35. The summed E-state index contributed by atoms with van der Waals surface area (Å²) in [7, 11) is 0. The summed E-state index contributed by atoms with van der Waals surface area (Å²) < 4.78 is 0. The van der Waals surface area contributed by atoms with Crippen LogP contribution in [0.1, 0.15) is 5.56 Å². The van der Waals surface area contributed by atoms with Gasteiger partial charge >= 0.3 is 0 Å². The Balaban J connectivity index is 3.19. The average molecular weight is 178 g/mol. The van der Waals surface area contributed by atoms with Crippen LogP contribution in [0.2, 0.25) is 5.15 Å². The number of nitrogens with one attached hydrogen (secondary N) is 1. The highest BCUT2D eigenvalue weighted by atomic mass is 35.5. The quantitative estimate of drug-likeness (QED) is 0.515. The van der Waals surface area contributed by atoms with E-state index in [0.717, 1.165) is 5.56 Å². The van der Waals surface area contributed by atoms with E-state index in [-0.39, 0.29) is 5.56 Å². The lowest BCUT2D eigenvalue weighted by Gasteiger charge is -1.95. The van der Waals surface area contributed by atoms with E-state index < -0.39 is 0 Å². The van der Waals surface area contributed by atoms with E-state index in [0.29, 0.717) is 11.0 Å². The van der Waals surface area contributed by atoms with E-state index >= 15 is 0 Å². The van der Waals surface area contributed by atoms with Crippen LogP contribution >= 0.6 is 23.2 Å². The predicted molar refractivity (Wildman–Crippen MR) is 41.6 cm³/mol. The second-order valence-electron chi connectivity index (χ2n) is 1.80. The first-order valence-corrected chi connectivity index (χ1v) is 3.59. The van der Waals surface area contributed by atoms with Gasteiger partial charge in [-0.05, 0) is 6.07 Å². The fraction of sp³-hybridized carbons (Fsp3) is 0.167. The van der Waals surface area contributed by atoms with Crippen LogP contribution in [-0.4, -0.2) is 4.98 Å². The standard InChI is InChI=1S/C6H5Cl2NO/c7-3-4-1-2-5(10)9-6(4)8/h1-2H,3H2,(H,9,10). The number of aromatic amines is 1. The molecule has 1 aromatic heterocycles. The molecule has 54 valence electrons. The van der Waals surface area contributed by atoms with E-state index in [1.807, 2.05) is 0 Å². The Morgan fingerprint density at radius 1 is 1.50 bits per heavy atom. The normalized spacial score (nSPS) is 9.80. The molecule has 1 N–H and O–H groups in total. The average Bonchev–Trinajstić information content (AvgIpc) is 1.88. The van der Waals surface area contributed by atoms with Gasteiger partial charge in [0.25, 0.3) is 0 Å². The summed E-state index contributed by atoms with van der Waals surface area (Å²) in [5, 5.41) is 0.322. The third kappa shape index (κ3) is 1.52. The molecule has 1 aromatic rings. The molecule has 10 heavy (non-hydrogen) atoms. The summed E-state index contributed by atoms with van der Waals surface area (Å²) >= 11 is 11.1.